The number of halogens is 1. The van der Waals surface area contributed by atoms with E-state index in [1.54, 1.807) is 4.68 Å². The van der Waals surface area contributed by atoms with Crippen molar-refractivity contribution < 1.29 is 4.39 Å². The number of nitrogens with zero attached hydrogens (tertiary/aromatic N) is 2. The average molecular weight is 261 g/mol. The molecule has 0 aliphatic rings. The number of benzene rings is 1. The van der Waals surface area contributed by atoms with Crippen LogP contribution in [0.25, 0.3) is 0 Å². The fraction of sp³-hybridized carbons (Fsp3) is 0.400. The molecule has 2 rings (SSSR count). The minimum Gasteiger partial charge on any atom is -0.306 e. The largest absolute Gasteiger partial charge is 0.306 e. The number of hydrogen-bond acceptors (Lipinski definition) is 2. The van der Waals surface area contributed by atoms with Crippen LogP contribution >= 0.6 is 0 Å². The van der Waals surface area contributed by atoms with Crippen LogP contribution < -0.4 is 5.32 Å². The van der Waals surface area contributed by atoms with E-state index >= 15 is 0 Å². The van der Waals surface area contributed by atoms with Crippen molar-refractivity contribution in [2.45, 2.75) is 26.4 Å². The highest BCUT2D eigenvalue weighted by Gasteiger charge is 2.15. The Kier molecular flexibility index (Phi) is 4.32. The highest BCUT2D eigenvalue weighted by atomic mass is 19.1. The van der Waals surface area contributed by atoms with Crippen molar-refractivity contribution in [2.24, 2.45) is 13.0 Å². The van der Waals surface area contributed by atoms with E-state index in [9.17, 15) is 4.39 Å². The van der Waals surface area contributed by atoms with Crippen molar-refractivity contribution in [2.75, 3.05) is 0 Å². The monoisotopic (exact) mass is 261 g/mol. The van der Waals surface area contributed by atoms with Crippen molar-refractivity contribution in [1.82, 2.24) is 15.1 Å². The summed E-state index contributed by atoms with van der Waals surface area (Å²) in [6.45, 7) is 5.07. The SMILES string of the molecule is CC(C)C(NCc1cnn(C)c1)c1ccc(F)cc1. The molecule has 0 fully saturated rings. The van der Waals surface area contributed by atoms with Crippen molar-refractivity contribution in [1.29, 1.82) is 0 Å². The summed E-state index contributed by atoms with van der Waals surface area (Å²) in [4.78, 5) is 0. The van der Waals surface area contributed by atoms with Gasteiger partial charge < -0.3 is 5.32 Å². The maximum atomic E-state index is 13.0. The van der Waals surface area contributed by atoms with Crippen molar-refractivity contribution in [3.05, 3.63) is 53.6 Å². The van der Waals surface area contributed by atoms with Gasteiger partial charge in [-0.15, -0.1) is 0 Å². The third kappa shape index (κ3) is 3.64. The highest BCUT2D eigenvalue weighted by Crippen LogP contribution is 2.22. The molecule has 2 aromatic rings. The van der Waals surface area contributed by atoms with E-state index in [-0.39, 0.29) is 11.9 Å². The summed E-state index contributed by atoms with van der Waals surface area (Å²) >= 11 is 0. The molecule has 1 aromatic carbocycles. The normalized spacial score (nSPS) is 12.9. The Labute approximate surface area is 113 Å². The van der Waals surface area contributed by atoms with E-state index in [2.05, 4.69) is 24.3 Å². The van der Waals surface area contributed by atoms with Gasteiger partial charge >= 0.3 is 0 Å². The van der Waals surface area contributed by atoms with Gasteiger partial charge in [-0.25, -0.2) is 4.39 Å². The molecule has 1 N–H and O–H groups in total. The standard InChI is InChI=1S/C15H20FN3/c1-11(2)15(13-4-6-14(16)7-5-13)17-8-12-9-18-19(3)10-12/h4-7,9-11,15,17H,8H2,1-3H3. The molecule has 3 nitrogen and oxygen atoms in total. The summed E-state index contributed by atoms with van der Waals surface area (Å²) in [6.07, 6.45) is 3.85. The van der Waals surface area contributed by atoms with Crippen LogP contribution in [0.5, 0.6) is 0 Å². The topological polar surface area (TPSA) is 29.9 Å². The molecule has 0 amide bonds. The highest BCUT2D eigenvalue weighted by molar-refractivity contribution is 5.20. The molecule has 102 valence electrons. The van der Waals surface area contributed by atoms with Gasteiger partial charge in [-0.3, -0.25) is 4.68 Å². The Morgan fingerprint density at radius 1 is 1.26 bits per heavy atom. The molecule has 19 heavy (non-hydrogen) atoms. The van der Waals surface area contributed by atoms with Gasteiger partial charge in [0.2, 0.25) is 0 Å². The van der Waals surface area contributed by atoms with Gasteiger partial charge in [-0.2, -0.15) is 5.10 Å². The molecule has 1 heterocycles. The van der Waals surface area contributed by atoms with Gasteiger partial charge in [-0.05, 0) is 23.6 Å². The maximum Gasteiger partial charge on any atom is 0.123 e. The second kappa shape index (κ2) is 5.97. The van der Waals surface area contributed by atoms with Crippen LogP contribution in [0.3, 0.4) is 0 Å². The minimum atomic E-state index is -0.196. The van der Waals surface area contributed by atoms with Gasteiger partial charge in [0.25, 0.3) is 0 Å². The van der Waals surface area contributed by atoms with Crippen LogP contribution in [0.1, 0.15) is 31.0 Å². The zero-order valence-corrected chi connectivity index (χ0v) is 11.6. The summed E-state index contributed by atoms with van der Waals surface area (Å²) in [5, 5.41) is 7.66. The number of hydrogen-bond donors (Lipinski definition) is 1. The summed E-state index contributed by atoms with van der Waals surface area (Å²) < 4.78 is 14.8. The third-order valence-corrected chi connectivity index (χ3v) is 3.18. The first-order chi connectivity index (χ1) is 9.06. The third-order valence-electron chi connectivity index (χ3n) is 3.18. The van der Waals surface area contributed by atoms with Crippen LogP contribution in [0.4, 0.5) is 4.39 Å². The number of nitrogens with one attached hydrogen (secondary N) is 1. The van der Waals surface area contributed by atoms with E-state index in [0.29, 0.717) is 5.92 Å². The molecule has 0 spiro atoms. The summed E-state index contributed by atoms with van der Waals surface area (Å²) in [5.41, 5.74) is 2.26. The molecule has 1 unspecified atom stereocenters. The van der Waals surface area contributed by atoms with Crippen molar-refractivity contribution in [3.8, 4) is 0 Å². The molecule has 0 radical (unpaired) electrons. The number of aromatic nitrogens is 2. The predicted molar refractivity (Wildman–Crippen MR) is 74.0 cm³/mol. The Hall–Kier alpha value is -1.68. The van der Waals surface area contributed by atoms with Gasteiger partial charge in [0.1, 0.15) is 5.82 Å². The Morgan fingerprint density at radius 2 is 1.95 bits per heavy atom. The molecular formula is C15H20FN3. The quantitative estimate of drug-likeness (QED) is 0.896. The predicted octanol–water partition coefficient (Wildman–Crippen LogP) is 3.05. The average Bonchev–Trinajstić information content (AvgIpc) is 2.77. The maximum absolute atomic E-state index is 13.0. The van der Waals surface area contributed by atoms with Crippen LogP contribution in [0.2, 0.25) is 0 Å². The molecule has 0 saturated heterocycles. The van der Waals surface area contributed by atoms with Crippen LogP contribution in [0.15, 0.2) is 36.7 Å². The molecule has 1 atom stereocenters. The lowest BCUT2D eigenvalue weighted by atomic mass is 9.96. The van der Waals surface area contributed by atoms with Crippen LogP contribution in [-0.2, 0) is 13.6 Å². The second-order valence-electron chi connectivity index (χ2n) is 5.18. The summed E-state index contributed by atoms with van der Waals surface area (Å²) in [5.74, 6) is 0.237. The number of aryl methyl sites for hydroxylation is 1. The lowest BCUT2D eigenvalue weighted by Gasteiger charge is -2.22. The van der Waals surface area contributed by atoms with Gasteiger partial charge in [0, 0.05) is 31.4 Å². The molecular weight excluding hydrogens is 241 g/mol. The summed E-state index contributed by atoms with van der Waals surface area (Å²) in [7, 11) is 1.91. The van der Waals surface area contributed by atoms with E-state index in [1.807, 2.05) is 31.6 Å². The van der Waals surface area contributed by atoms with Crippen molar-refractivity contribution >= 4 is 0 Å². The summed E-state index contributed by atoms with van der Waals surface area (Å²) in [6, 6.07) is 6.92. The van der Waals surface area contributed by atoms with Gasteiger partial charge in [-0.1, -0.05) is 26.0 Å². The van der Waals surface area contributed by atoms with E-state index < -0.39 is 0 Å². The van der Waals surface area contributed by atoms with Crippen LogP contribution in [0, 0.1) is 11.7 Å². The number of rotatable bonds is 5. The molecule has 0 saturated carbocycles. The van der Waals surface area contributed by atoms with E-state index in [4.69, 9.17) is 0 Å². The smallest absolute Gasteiger partial charge is 0.123 e. The Morgan fingerprint density at radius 3 is 2.47 bits per heavy atom. The van der Waals surface area contributed by atoms with Gasteiger partial charge in [0.15, 0.2) is 0 Å². The molecule has 0 bridgehead atoms. The van der Waals surface area contributed by atoms with E-state index in [1.165, 1.54) is 12.1 Å². The molecule has 0 aliphatic heterocycles. The van der Waals surface area contributed by atoms with Crippen LogP contribution in [-0.4, -0.2) is 9.78 Å². The lowest BCUT2D eigenvalue weighted by molar-refractivity contribution is 0.410. The van der Waals surface area contributed by atoms with E-state index in [0.717, 1.165) is 17.7 Å². The fourth-order valence-corrected chi connectivity index (χ4v) is 2.20. The lowest BCUT2D eigenvalue weighted by Crippen LogP contribution is -2.25. The Balaban J connectivity index is 2.06. The van der Waals surface area contributed by atoms with Crippen molar-refractivity contribution in [3.63, 3.8) is 0 Å². The first-order valence-corrected chi connectivity index (χ1v) is 6.52. The first kappa shape index (κ1) is 13.7. The van der Waals surface area contributed by atoms with Gasteiger partial charge in [0.05, 0.1) is 6.20 Å². The Bertz CT molecular complexity index is 516. The zero-order chi connectivity index (χ0) is 13.8. The zero-order valence-electron chi connectivity index (χ0n) is 11.6. The molecule has 0 aliphatic carbocycles. The fourth-order valence-electron chi connectivity index (χ4n) is 2.20. The molecule has 1 aromatic heterocycles. The second-order valence-corrected chi connectivity index (χ2v) is 5.18. The molecule has 4 heteroatoms. The minimum absolute atomic E-state index is 0.196. The first-order valence-electron chi connectivity index (χ1n) is 6.52.